The average Bonchev–Trinajstić information content (AvgIpc) is 3.18. The molecule has 0 spiro atoms. The lowest BCUT2D eigenvalue weighted by atomic mass is 9.81. The molecule has 28 heavy (non-hydrogen) atoms. The van der Waals surface area contributed by atoms with E-state index < -0.39 is 5.97 Å². The van der Waals surface area contributed by atoms with Gasteiger partial charge in [-0.3, -0.25) is 0 Å². The maximum Gasteiger partial charge on any atom is 0.335 e. The van der Waals surface area contributed by atoms with Crippen molar-refractivity contribution in [3.63, 3.8) is 0 Å². The molecule has 148 valence electrons. The predicted octanol–water partition coefficient (Wildman–Crippen LogP) is 5.45. The highest BCUT2D eigenvalue weighted by molar-refractivity contribution is 5.87. The zero-order chi connectivity index (χ0) is 19.7. The Bertz CT molecular complexity index is 832. The van der Waals surface area contributed by atoms with Crippen LogP contribution in [0.5, 0.6) is 0 Å². The second-order valence-corrected chi connectivity index (χ2v) is 8.82. The summed E-state index contributed by atoms with van der Waals surface area (Å²) in [6.45, 7) is 6.85. The highest BCUT2D eigenvalue weighted by Gasteiger charge is 2.35. The number of hydrogen-bond donors (Lipinski definition) is 1. The Hall–Kier alpha value is -2.13. The molecule has 1 aliphatic heterocycles. The van der Waals surface area contributed by atoms with Crippen LogP contribution in [0, 0.1) is 12.8 Å². The molecule has 0 radical (unpaired) electrons. The molecule has 0 aromatic heterocycles. The van der Waals surface area contributed by atoms with Crippen molar-refractivity contribution >= 4 is 5.97 Å². The molecule has 1 saturated heterocycles. The molecule has 1 saturated carbocycles. The highest BCUT2D eigenvalue weighted by Crippen LogP contribution is 2.41. The van der Waals surface area contributed by atoms with E-state index in [0.717, 1.165) is 5.56 Å². The van der Waals surface area contributed by atoms with E-state index in [0.29, 0.717) is 29.4 Å². The Kier molecular flexibility index (Phi) is 5.54. The van der Waals surface area contributed by atoms with Crippen LogP contribution in [0.3, 0.4) is 0 Å². The first-order valence-electron chi connectivity index (χ1n) is 10.7. The molecule has 1 N–H and O–H groups in total. The summed E-state index contributed by atoms with van der Waals surface area (Å²) in [5, 5.41) is 9.20. The number of aryl methyl sites for hydroxylation is 1. The van der Waals surface area contributed by atoms with Crippen molar-refractivity contribution in [2.24, 2.45) is 5.92 Å². The quantitative estimate of drug-likeness (QED) is 0.770. The molecule has 1 heterocycles. The first-order valence-corrected chi connectivity index (χ1v) is 10.7. The molecule has 2 unspecified atom stereocenters. The van der Waals surface area contributed by atoms with Crippen LogP contribution < -0.4 is 0 Å². The maximum absolute atomic E-state index is 11.2. The lowest BCUT2D eigenvalue weighted by Gasteiger charge is -2.40. The molecule has 3 nitrogen and oxygen atoms in total. The van der Waals surface area contributed by atoms with Crippen LogP contribution in [-0.2, 0) is 0 Å². The third-order valence-electron chi connectivity index (χ3n) is 7.04. The summed E-state index contributed by atoms with van der Waals surface area (Å²) < 4.78 is 0. The molecule has 1 aliphatic carbocycles. The minimum Gasteiger partial charge on any atom is -0.478 e. The van der Waals surface area contributed by atoms with Crippen molar-refractivity contribution in [3.05, 3.63) is 70.8 Å². The van der Waals surface area contributed by atoms with E-state index in [4.69, 9.17) is 0 Å². The zero-order valence-electron chi connectivity index (χ0n) is 17.0. The summed E-state index contributed by atoms with van der Waals surface area (Å²) in [5.41, 5.74) is 4.36. The summed E-state index contributed by atoms with van der Waals surface area (Å²) in [5.74, 6) is 1.09. The van der Waals surface area contributed by atoms with Crippen molar-refractivity contribution in [2.75, 3.05) is 13.1 Å². The highest BCUT2D eigenvalue weighted by atomic mass is 16.4. The van der Waals surface area contributed by atoms with Gasteiger partial charge in [-0.25, -0.2) is 4.79 Å². The van der Waals surface area contributed by atoms with Crippen LogP contribution in [0.4, 0.5) is 0 Å². The Labute approximate surface area is 168 Å². The normalized spacial score (nSPS) is 28.4. The van der Waals surface area contributed by atoms with E-state index in [9.17, 15) is 9.90 Å². The fourth-order valence-electron chi connectivity index (χ4n) is 5.54. The third-order valence-corrected chi connectivity index (χ3v) is 7.04. The van der Waals surface area contributed by atoms with Crippen LogP contribution >= 0.6 is 0 Å². The number of likely N-dealkylation sites (tertiary alicyclic amines) is 1. The summed E-state index contributed by atoms with van der Waals surface area (Å²) in [6, 6.07) is 17.3. The molecular weight excluding hydrogens is 346 g/mol. The van der Waals surface area contributed by atoms with E-state index in [1.165, 1.54) is 49.9 Å². The summed E-state index contributed by atoms with van der Waals surface area (Å²) in [7, 11) is 0. The Morgan fingerprint density at radius 1 is 1.07 bits per heavy atom. The second-order valence-electron chi connectivity index (χ2n) is 8.82. The van der Waals surface area contributed by atoms with Gasteiger partial charge in [-0.05, 0) is 85.7 Å². The lowest BCUT2D eigenvalue weighted by molar-refractivity contribution is 0.0696. The van der Waals surface area contributed by atoms with Gasteiger partial charge in [0.1, 0.15) is 0 Å². The van der Waals surface area contributed by atoms with Gasteiger partial charge in [0.15, 0.2) is 0 Å². The molecule has 0 bridgehead atoms. The van der Waals surface area contributed by atoms with Gasteiger partial charge in [0, 0.05) is 12.6 Å². The number of aromatic carboxylic acids is 1. The summed E-state index contributed by atoms with van der Waals surface area (Å²) in [6.07, 6.45) is 4.92. The van der Waals surface area contributed by atoms with Gasteiger partial charge in [-0.2, -0.15) is 0 Å². The van der Waals surface area contributed by atoms with Gasteiger partial charge in [0.2, 0.25) is 0 Å². The summed E-state index contributed by atoms with van der Waals surface area (Å²) >= 11 is 0. The maximum atomic E-state index is 11.2. The smallest absolute Gasteiger partial charge is 0.335 e. The molecule has 4 rings (SSSR count). The molecule has 3 heteroatoms. The largest absolute Gasteiger partial charge is 0.478 e. The van der Waals surface area contributed by atoms with E-state index in [1.807, 2.05) is 6.07 Å². The standard InChI is InChI=1S/C25H31NO2/c1-17-14-21(25(27)28)9-11-23(17)20-8-10-22(15-20)26-13-12-24(18(2)16-26)19-6-4-3-5-7-19/h3-7,9,11,14,18,20,22,24H,8,10,12-13,15-16H2,1-2H3,(H,27,28)/t18-,20?,22?,24-/m1/s1. The van der Waals surface area contributed by atoms with Crippen LogP contribution in [0.2, 0.25) is 0 Å². The fraction of sp³-hybridized carbons (Fsp3) is 0.480. The topological polar surface area (TPSA) is 40.5 Å². The monoisotopic (exact) mass is 377 g/mol. The zero-order valence-corrected chi connectivity index (χ0v) is 17.0. The average molecular weight is 378 g/mol. The molecule has 0 amide bonds. The van der Waals surface area contributed by atoms with Crippen molar-refractivity contribution in [1.82, 2.24) is 4.90 Å². The van der Waals surface area contributed by atoms with Crippen molar-refractivity contribution in [3.8, 4) is 0 Å². The van der Waals surface area contributed by atoms with Gasteiger partial charge in [0.25, 0.3) is 0 Å². The predicted molar refractivity (Wildman–Crippen MR) is 113 cm³/mol. The second kappa shape index (κ2) is 8.08. The molecule has 2 aromatic carbocycles. The third kappa shape index (κ3) is 3.86. The number of carboxylic acids is 1. The Morgan fingerprint density at radius 3 is 2.54 bits per heavy atom. The number of carboxylic acid groups (broad SMARTS) is 1. The fourth-order valence-corrected chi connectivity index (χ4v) is 5.54. The molecule has 2 fully saturated rings. The number of hydrogen-bond acceptors (Lipinski definition) is 2. The van der Waals surface area contributed by atoms with Crippen LogP contribution in [0.15, 0.2) is 48.5 Å². The van der Waals surface area contributed by atoms with Gasteiger partial charge in [-0.15, -0.1) is 0 Å². The molecule has 4 atom stereocenters. The SMILES string of the molecule is Cc1cc(C(=O)O)ccc1C1CCC(N2CC[C@@H](c3ccccc3)[C@H](C)C2)C1. The van der Waals surface area contributed by atoms with Gasteiger partial charge >= 0.3 is 5.97 Å². The number of carbonyl (C=O) groups is 1. The minimum atomic E-state index is -0.839. The molecule has 2 aromatic rings. The first kappa shape index (κ1) is 19.2. The molecular formula is C25H31NO2. The lowest BCUT2D eigenvalue weighted by Crippen LogP contribution is -2.43. The Balaban J connectivity index is 1.39. The van der Waals surface area contributed by atoms with E-state index in [2.05, 4.69) is 55.1 Å². The van der Waals surface area contributed by atoms with Crippen LogP contribution in [0.25, 0.3) is 0 Å². The minimum absolute atomic E-state index is 0.396. The van der Waals surface area contributed by atoms with Crippen molar-refractivity contribution < 1.29 is 9.90 Å². The number of piperidine rings is 1. The van der Waals surface area contributed by atoms with Gasteiger partial charge in [0.05, 0.1) is 5.56 Å². The number of rotatable bonds is 4. The summed E-state index contributed by atoms with van der Waals surface area (Å²) in [4.78, 5) is 13.9. The number of benzene rings is 2. The van der Waals surface area contributed by atoms with Crippen LogP contribution in [0.1, 0.15) is 71.5 Å². The molecule has 2 aliphatic rings. The van der Waals surface area contributed by atoms with Crippen LogP contribution in [-0.4, -0.2) is 35.1 Å². The van der Waals surface area contributed by atoms with E-state index in [-0.39, 0.29) is 0 Å². The van der Waals surface area contributed by atoms with Crippen molar-refractivity contribution in [1.29, 1.82) is 0 Å². The van der Waals surface area contributed by atoms with Crippen molar-refractivity contribution in [2.45, 2.75) is 57.4 Å². The first-order chi connectivity index (χ1) is 13.5. The number of nitrogens with zero attached hydrogens (tertiary/aromatic N) is 1. The van der Waals surface area contributed by atoms with E-state index in [1.54, 1.807) is 6.07 Å². The Morgan fingerprint density at radius 2 is 1.86 bits per heavy atom. The van der Waals surface area contributed by atoms with Gasteiger partial charge in [-0.1, -0.05) is 43.3 Å². The van der Waals surface area contributed by atoms with E-state index >= 15 is 0 Å². The van der Waals surface area contributed by atoms with Gasteiger partial charge < -0.3 is 10.0 Å².